The first-order valence-corrected chi connectivity index (χ1v) is 19.1. The van der Waals surface area contributed by atoms with Gasteiger partial charge in [-0.3, -0.25) is 0 Å². The molecule has 1 heterocycles. The SMILES string of the molecule is C/C=C(C(/S)=C(/C)c1csc2c(C)c(C)c(C)c(C)c12)\C1=c2/cccc/c2=C(\c2cccccc(C3C=CC=CC3)ccc2)C/C=C\C=C/C1. The van der Waals surface area contributed by atoms with Crippen molar-refractivity contribution in [2.45, 2.75) is 66.7 Å². The maximum atomic E-state index is 5.35. The van der Waals surface area contributed by atoms with Gasteiger partial charge in [-0.15, -0.1) is 24.0 Å². The maximum absolute atomic E-state index is 5.35. The summed E-state index contributed by atoms with van der Waals surface area (Å²) in [5, 5.41) is 6.24. The van der Waals surface area contributed by atoms with E-state index in [9.17, 15) is 0 Å². The molecule has 0 N–H and O–H groups in total. The quantitative estimate of drug-likeness (QED) is 0.157. The van der Waals surface area contributed by atoms with Crippen LogP contribution in [0.2, 0.25) is 0 Å². The lowest BCUT2D eigenvalue weighted by Crippen LogP contribution is -2.30. The lowest BCUT2D eigenvalue weighted by atomic mass is 9.90. The minimum absolute atomic E-state index is 0.398. The lowest BCUT2D eigenvalue weighted by Gasteiger charge is -2.17. The third kappa shape index (κ3) is 7.24. The number of allylic oxidation sites excluding steroid dienone is 11. The number of rotatable bonds is 5. The number of benzene rings is 2. The van der Waals surface area contributed by atoms with Gasteiger partial charge in [0.2, 0.25) is 0 Å². The van der Waals surface area contributed by atoms with Gasteiger partial charge in [0, 0.05) is 20.9 Å². The second kappa shape index (κ2) is 16.1. The summed E-state index contributed by atoms with van der Waals surface area (Å²) in [5.74, 6) is 0.398. The molecule has 6 rings (SSSR count). The molecule has 3 aromatic carbocycles. The van der Waals surface area contributed by atoms with Gasteiger partial charge in [0.05, 0.1) is 0 Å². The van der Waals surface area contributed by atoms with Crippen molar-refractivity contribution in [2.75, 3.05) is 0 Å². The van der Waals surface area contributed by atoms with Gasteiger partial charge in [0.1, 0.15) is 0 Å². The average Bonchev–Trinajstić information content (AvgIpc) is 3.60. The van der Waals surface area contributed by atoms with Crippen molar-refractivity contribution < 1.29 is 0 Å². The van der Waals surface area contributed by atoms with Crippen molar-refractivity contribution in [2.24, 2.45) is 0 Å². The van der Waals surface area contributed by atoms with E-state index < -0.39 is 0 Å². The summed E-state index contributed by atoms with van der Waals surface area (Å²) >= 11 is 7.21. The normalized spacial score (nSPS) is 20.1. The molecule has 2 aliphatic carbocycles. The van der Waals surface area contributed by atoms with E-state index in [1.807, 2.05) is 11.3 Å². The summed E-state index contributed by atoms with van der Waals surface area (Å²) in [6.07, 6.45) is 22.7. The molecular weight excluding hydrogens is 641 g/mol. The van der Waals surface area contributed by atoms with Crippen molar-refractivity contribution in [1.82, 2.24) is 0 Å². The first-order valence-electron chi connectivity index (χ1n) is 17.8. The number of fused-ring (bicyclic) bond motifs is 2. The minimum Gasteiger partial charge on any atom is -0.143 e. The standard InChI is InChI=1S/C48H48S2/c1-7-40(47(49)36(6)45-31-50-48-35(5)33(3)32(2)34(4)46(45)48)42-28-17-9-8-16-27-41(43-29-18-19-30-44(42)43)39-24-15-11-14-23-38(25-20-26-39)37-21-12-10-13-22-37/h7-21,23-26,29-31,37,49H,22,27-28H2,1-6H3/b14-11?,15-11?,16-8-,17-9-,23-14?,24-15?,25-20?,26-20?,38-23?,38-25?,39-24?,39-26?,40-7+,43-41+,44-42+,47-36+. The smallest absolute Gasteiger partial charge is 0.0383 e. The summed E-state index contributed by atoms with van der Waals surface area (Å²) in [6, 6.07) is 26.7. The van der Waals surface area contributed by atoms with E-state index in [4.69, 9.17) is 12.6 Å². The first kappa shape index (κ1) is 35.5. The fourth-order valence-corrected chi connectivity index (χ4v) is 8.94. The molecule has 0 bridgehead atoms. The van der Waals surface area contributed by atoms with Gasteiger partial charge in [0.15, 0.2) is 0 Å². The van der Waals surface area contributed by atoms with Crippen LogP contribution >= 0.6 is 24.0 Å². The molecule has 0 amide bonds. The molecule has 0 saturated heterocycles. The Bertz CT molecular complexity index is 2310. The van der Waals surface area contributed by atoms with Gasteiger partial charge in [-0.05, 0) is 138 Å². The Morgan fingerprint density at radius 3 is 2.14 bits per heavy atom. The predicted molar refractivity (Wildman–Crippen MR) is 225 cm³/mol. The van der Waals surface area contributed by atoms with Gasteiger partial charge >= 0.3 is 0 Å². The van der Waals surface area contributed by atoms with Crippen LogP contribution in [0.25, 0.3) is 26.8 Å². The third-order valence-electron chi connectivity index (χ3n) is 10.5. The highest BCUT2D eigenvalue weighted by Gasteiger charge is 2.19. The number of hydrogen-bond acceptors (Lipinski definition) is 2. The third-order valence-corrected chi connectivity index (χ3v) is 12.2. The van der Waals surface area contributed by atoms with Crippen LogP contribution in [-0.4, -0.2) is 0 Å². The van der Waals surface area contributed by atoms with Crippen molar-refractivity contribution in [3.05, 3.63) is 193 Å². The Hall–Kier alpha value is -4.37. The maximum Gasteiger partial charge on any atom is 0.0383 e. The van der Waals surface area contributed by atoms with Gasteiger partial charge in [-0.2, -0.15) is 0 Å². The molecule has 1 unspecified atom stereocenters. The van der Waals surface area contributed by atoms with Crippen LogP contribution in [0.5, 0.6) is 0 Å². The number of thiol groups is 1. The van der Waals surface area contributed by atoms with Gasteiger partial charge < -0.3 is 0 Å². The zero-order chi connectivity index (χ0) is 35.2. The largest absolute Gasteiger partial charge is 0.143 e. The van der Waals surface area contributed by atoms with Crippen LogP contribution in [0.3, 0.4) is 0 Å². The van der Waals surface area contributed by atoms with Crippen molar-refractivity contribution >= 4 is 50.8 Å². The molecule has 0 radical (unpaired) electrons. The molecule has 0 aliphatic heterocycles. The Labute approximate surface area is 308 Å². The van der Waals surface area contributed by atoms with Gasteiger partial charge in [0.25, 0.3) is 0 Å². The number of thiophene rings is 1. The molecule has 50 heavy (non-hydrogen) atoms. The van der Waals surface area contributed by atoms with Crippen molar-refractivity contribution in [3.63, 3.8) is 0 Å². The van der Waals surface area contributed by atoms with E-state index in [-0.39, 0.29) is 0 Å². The highest BCUT2D eigenvalue weighted by Crippen LogP contribution is 2.41. The molecule has 0 saturated carbocycles. The van der Waals surface area contributed by atoms with Crippen LogP contribution in [0.1, 0.15) is 78.0 Å². The monoisotopic (exact) mass is 688 g/mol. The van der Waals surface area contributed by atoms with Gasteiger partial charge in [-0.25, -0.2) is 0 Å². The van der Waals surface area contributed by atoms with E-state index in [0.29, 0.717) is 5.92 Å². The Kier molecular flexibility index (Phi) is 11.4. The second-order valence-electron chi connectivity index (χ2n) is 13.3. The zero-order valence-electron chi connectivity index (χ0n) is 30.3. The minimum atomic E-state index is 0.398. The number of aryl methyl sites for hydroxylation is 2. The number of hydrogen-bond donors (Lipinski definition) is 1. The predicted octanol–water partition coefficient (Wildman–Crippen LogP) is 12.4. The van der Waals surface area contributed by atoms with E-state index in [2.05, 4.69) is 174 Å². The Morgan fingerprint density at radius 2 is 1.38 bits per heavy atom. The van der Waals surface area contributed by atoms with Crippen LogP contribution < -0.4 is 10.4 Å². The van der Waals surface area contributed by atoms with Crippen LogP contribution in [0.15, 0.2) is 143 Å². The lowest BCUT2D eigenvalue weighted by molar-refractivity contribution is 0.855. The topological polar surface area (TPSA) is 0 Å². The van der Waals surface area contributed by atoms with E-state index in [1.165, 1.54) is 81.8 Å². The molecule has 0 spiro atoms. The van der Waals surface area contributed by atoms with E-state index in [0.717, 1.165) is 24.2 Å². The molecule has 0 fully saturated rings. The fourth-order valence-electron chi connectivity index (χ4n) is 7.31. The van der Waals surface area contributed by atoms with Crippen LogP contribution in [0.4, 0.5) is 0 Å². The molecule has 1 atom stereocenters. The molecular formula is C48H48S2. The van der Waals surface area contributed by atoms with Crippen LogP contribution in [-0.2, 0) is 0 Å². The summed E-state index contributed by atoms with van der Waals surface area (Å²) in [4.78, 5) is 1.03. The molecule has 4 aromatic rings. The first-order chi connectivity index (χ1) is 24.3. The fraction of sp³-hybridized carbons (Fsp3) is 0.208. The molecule has 0 nitrogen and oxygen atoms in total. The second-order valence-corrected chi connectivity index (χ2v) is 14.7. The zero-order valence-corrected chi connectivity index (χ0v) is 32.0. The average molecular weight is 689 g/mol. The summed E-state index contributed by atoms with van der Waals surface area (Å²) in [6.45, 7) is 13.5. The molecule has 2 heteroatoms. The van der Waals surface area contributed by atoms with Crippen molar-refractivity contribution in [1.29, 1.82) is 0 Å². The van der Waals surface area contributed by atoms with Gasteiger partial charge in [-0.1, -0.05) is 127 Å². The summed E-state index contributed by atoms with van der Waals surface area (Å²) in [7, 11) is 0. The highest BCUT2D eigenvalue weighted by molar-refractivity contribution is 7.85. The summed E-state index contributed by atoms with van der Waals surface area (Å²) in [5.41, 5.74) is 14.4. The molecule has 252 valence electrons. The van der Waals surface area contributed by atoms with Crippen LogP contribution in [0, 0.1) is 27.7 Å². The molecule has 1 aromatic heterocycles. The highest BCUT2D eigenvalue weighted by atomic mass is 32.1. The molecule has 2 aliphatic rings. The Morgan fingerprint density at radius 1 is 0.720 bits per heavy atom. The van der Waals surface area contributed by atoms with E-state index in [1.54, 1.807) is 0 Å². The van der Waals surface area contributed by atoms with Crippen molar-refractivity contribution in [3.8, 4) is 0 Å². The Balaban J connectivity index is 1.58. The summed E-state index contributed by atoms with van der Waals surface area (Å²) < 4.78 is 1.39. The van der Waals surface area contributed by atoms with E-state index >= 15 is 0 Å².